The Hall–Kier alpha value is -3.87. The van der Waals surface area contributed by atoms with Crippen LogP contribution in [0.25, 0.3) is 0 Å². The van der Waals surface area contributed by atoms with E-state index < -0.39 is 5.97 Å². The Bertz CT molecular complexity index is 1000. The molecule has 1 heterocycles. The summed E-state index contributed by atoms with van der Waals surface area (Å²) in [5, 5.41) is 5.93. The fraction of sp³-hybridized carbons (Fsp3) is 0.136. The molecule has 3 aromatic rings. The molecule has 3 rings (SSSR count). The molecule has 0 fully saturated rings. The van der Waals surface area contributed by atoms with E-state index in [1.807, 2.05) is 6.92 Å². The average molecular weight is 391 g/mol. The molecule has 0 radical (unpaired) electrons. The molecule has 148 valence electrons. The van der Waals surface area contributed by atoms with E-state index in [4.69, 9.17) is 9.47 Å². The Labute approximate surface area is 168 Å². The quantitative estimate of drug-likeness (QED) is 0.585. The van der Waals surface area contributed by atoms with Crippen molar-refractivity contribution in [1.29, 1.82) is 0 Å². The van der Waals surface area contributed by atoms with Gasteiger partial charge in [-0.05, 0) is 61.5 Å². The lowest BCUT2D eigenvalue weighted by Crippen LogP contribution is -2.12. The lowest BCUT2D eigenvalue weighted by Gasteiger charge is -2.10. The van der Waals surface area contributed by atoms with Crippen molar-refractivity contribution in [3.63, 3.8) is 0 Å². The van der Waals surface area contributed by atoms with Crippen LogP contribution in [-0.4, -0.2) is 30.6 Å². The smallest absolute Gasteiger partial charge is 0.337 e. The second-order valence-corrected chi connectivity index (χ2v) is 6.04. The first-order chi connectivity index (χ1) is 14.1. The van der Waals surface area contributed by atoms with E-state index in [1.54, 1.807) is 66.9 Å². The monoisotopic (exact) mass is 391 g/mol. The van der Waals surface area contributed by atoms with Crippen LogP contribution in [0.4, 0.5) is 17.2 Å². The molecule has 0 saturated heterocycles. The molecule has 0 aliphatic rings. The van der Waals surface area contributed by atoms with E-state index in [0.29, 0.717) is 34.9 Å². The molecular weight excluding hydrogens is 370 g/mol. The van der Waals surface area contributed by atoms with Crippen molar-refractivity contribution in [3.8, 4) is 5.75 Å². The van der Waals surface area contributed by atoms with Gasteiger partial charge in [0.15, 0.2) is 0 Å². The fourth-order valence-corrected chi connectivity index (χ4v) is 2.63. The molecule has 1 amide bonds. The van der Waals surface area contributed by atoms with Crippen molar-refractivity contribution in [2.45, 2.75) is 6.92 Å². The molecule has 2 N–H and O–H groups in total. The normalized spacial score (nSPS) is 10.1. The number of aromatic nitrogens is 1. The van der Waals surface area contributed by atoms with Crippen LogP contribution in [0, 0.1) is 0 Å². The van der Waals surface area contributed by atoms with E-state index in [-0.39, 0.29) is 5.91 Å². The third-order valence-corrected chi connectivity index (χ3v) is 4.00. The van der Waals surface area contributed by atoms with Gasteiger partial charge in [0.2, 0.25) is 0 Å². The summed E-state index contributed by atoms with van der Waals surface area (Å²) in [6.45, 7) is 2.50. The second-order valence-electron chi connectivity index (χ2n) is 6.04. The molecule has 7 nitrogen and oxygen atoms in total. The number of carbonyl (C=O) groups is 2. The molecule has 0 aliphatic carbocycles. The lowest BCUT2D eigenvalue weighted by atomic mass is 10.2. The van der Waals surface area contributed by atoms with Gasteiger partial charge < -0.3 is 20.1 Å². The summed E-state index contributed by atoms with van der Waals surface area (Å²) in [6, 6.07) is 17.3. The van der Waals surface area contributed by atoms with Crippen molar-refractivity contribution in [1.82, 2.24) is 4.98 Å². The fourth-order valence-electron chi connectivity index (χ4n) is 2.63. The van der Waals surface area contributed by atoms with Gasteiger partial charge in [0.05, 0.1) is 19.3 Å². The Morgan fingerprint density at radius 2 is 1.76 bits per heavy atom. The highest BCUT2D eigenvalue weighted by Crippen LogP contribution is 2.19. The van der Waals surface area contributed by atoms with Crippen LogP contribution in [0.5, 0.6) is 5.75 Å². The molecular formula is C22H21N3O4. The van der Waals surface area contributed by atoms with Crippen molar-refractivity contribution in [3.05, 3.63) is 78.0 Å². The van der Waals surface area contributed by atoms with Crippen molar-refractivity contribution >= 4 is 29.1 Å². The molecule has 0 spiro atoms. The van der Waals surface area contributed by atoms with Gasteiger partial charge in [-0.3, -0.25) is 4.79 Å². The van der Waals surface area contributed by atoms with Gasteiger partial charge >= 0.3 is 5.97 Å². The largest absolute Gasteiger partial charge is 0.494 e. The number of esters is 1. The number of hydrogen-bond donors (Lipinski definition) is 2. The van der Waals surface area contributed by atoms with E-state index in [0.717, 1.165) is 5.75 Å². The Balaban J connectivity index is 1.70. The Morgan fingerprint density at radius 3 is 2.48 bits per heavy atom. The van der Waals surface area contributed by atoms with Crippen LogP contribution in [0.15, 0.2) is 66.9 Å². The summed E-state index contributed by atoms with van der Waals surface area (Å²) < 4.78 is 10.1. The van der Waals surface area contributed by atoms with Crippen LogP contribution in [0.2, 0.25) is 0 Å². The van der Waals surface area contributed by atoms with Crippen molar-refractivity contribution in [2.75, 3.05) is 24.4 Å². The minimum Gasteiger partial charge on any atom is -0.494 e. The minimum atomic E-state index is -0.426. The first-order valence-corrected chi connectivity index (χ1v) is 9.04. The zero-order valence-corrected chi connectivity index (χ0v) is 16.1. The highest BCUT2D eigenvalue weighted by molar-refractivity contribution is 6.04. The standard InChI is InChI=1S/C22H21N3O4/c1-3-29-19-9-7-17(8-10-19)25-21(26)15-11-12-23-20(14-15)24-18-6-4-5-16(13-18)22(27)28-2/h4-14H,3H2,1-2H3,(H,23,24)(H,25,26). The summed E-state index contributed by atoms with van der Waals surface area (Å²) in [7, 11) is 1.33. The maximum Gasteiger partial charge on any atom is 0.337 e. The third kappa shape index (κ3) is 5.32. The Morgan fingerprint density at radius 1 is 0.966 bits per heavy atom. The van der Waals surface area contributed by atoms with Crippen LogP contribution < -0.4 is 15.4 Å². The van der Waals surface area contributed by atoms with Crippen LogP contribution in [-0.2, 0) is 4.74 Å². The van der Waals surface area contributed by atoms with E-state index in [9.17, 15) is 9.59 Å². The molecule has 0 saturated carbocycles. The third-order valence-electron chi connectivity index (χ3n) is 4.00. The van der Waals surface area contributed by atoms with Crippen LogP contribution in [0.1, 0.15) is 27.6 Å². The topological polar surface area (TPSA) is 89.5 Å². The summed E-state index contributed by atoms with van der Waals surface area (Å²) in [4.78, 5) is 28.4. The molecule has 0 bridgehead atoms. The van der Waals surface area contributed by atoms with E-state index in [2.05, 4.69) is 15.6 Å². The Kier molecular flexibility index (Phi) is 6.42. The number of ether oxygens (including phenoxy) is 2. The summed E-state index contributed by atoms with van der Waals surface area (Å²) in [5.74, 6) is 0.537. The van der Waals surface area contributed by atoms with Gasteiger partial charge in [-0.1, -0.05) is 6.07 Å². The lowest BCUT2D eigenvalue weighted by molar-refractivity contribution is 0.0600. The molecule has 0 atom stereocenters. The number of benzene rings is 2. The van der Waals surface area contributed by atoms with Crippen molar-refractivity contribution in [2.24, 2.45) is 0 Å². The number of methoxy groups -OCH3 is 1. The molecule has 0 aliphatic heterocycles. The van der Waals surface area contributed by atoms with E-state index >= 15 is 0 Å². The zero-order chi connectivity index (χ0) is 20.6. The number of amides is 1. The molecule has 29 heavy (non-hydrogen) atoms. The summed E-state index contributed by atoms with van der Waals surface area (Å²) >= 11 is 0. The number of nitrogens with zero attached hydrogens (tertiary/aromatic N) is 1. The summed E-state index contributed by atoms with van der Waals surface area (Å²) in [6.07, 6.45) is 1.54. The molecule has 7 heteroatoms. The second kappa shape index (κ2) is 9.36. The maximum absolute atomic E-state index is 12.6. The van der Waals surface area contributed by atoms with Crippen molar-refractivity contribution < 1.29 is 19.1 Å². The molecule has 0 unspecified atom stereocenters. The first kappa shape index (κ1) is 19.9. The minimum absolute atomic E-state index is 0.261. The first-order valence-electron chi connectivity index (χ1n) is 9.04. The number of anilines is 3. The predicted molar refractivity (Wildman–Crippen MR) is 111 cm³/mol. The van der Waals surface area contributed by atoms with Gasteiger partial charge in [0, 0.05) is 23.1 Å². The van der Waals surface area contributed by atoms with Crippen LogP contribution >= 0.6 is 0 Å². The maximum atomic E-state index is 12.6. The zero-order valence-electron chi connectivity index (χ0n) is 16.1. The van der Waals surface area contributed by atoms with E-state index in [1.165, 1.54) is 7.11 Å². The van der Waals surface area contributed by atoms with Gasteiger partial charge in [0.1, 0.15) is 11.6 Å². The van der Waals surface area contributed by atoms with Gasteiger partial charge in [0.25, 0.3) is 5.91 Å². The number of rotatable bonds is 7. The number of carbonyl (C=O) groups excluding carboxylic acids is 2. The van der Waals surface area contributed by atoms with Crippen LogP contribution in [0.3, 0.4) is 0 Å². The predicted octanol–water partition coefficient (Wildman–Crippen LogP) is 4.26. The number of pyridine rings is 1. The highest BCUT2D eigenvalue weighted by Gasteiger charge is 2.09. The van der Waals surface area contributed by atoms with Gasteiger partial charge in [-0.25, -0.2) is 9.78 Å². The summed E-state index contributed by atoms with van der Waals surface area (Å²) in [5.41, 5.74) is 2.18. The number of hydrogen-bond acceptors (Lipinski definition) is 6. The number of nitrogens with one attached hydrogen (secondary N) is 2. The average Bonchev–Trinajstić information content (AvgIpc) is 2.75. The molecule has 1 aromatic heterocycles. The highest BCUT2D eigenvalue weighted by atomic mass is 16.5. The van der Waals surface area contributed by atoms with Gasteiger partial charge in [-0.15, -0.1) is 0 Å². The molecule has 2 aromatic carbocycles. The van der Waals surface area contributed by atoms with Gasteiger partial charge in [-0.2, -0.15) is 0 Å². The SMILES string of the molecule is CCOc1ccc(NC(=O)c2ccnc(Nc3cccc(C(=O)OC)c3)c2)cc1.